The molecular weight excluding hydrogens is 346 g/mol. The molecule has 0 saturated heterocycles. The molecule has 0 fully saturated rings. The third-order valence-corrected chi connectivity index (χ3v) is 4.55. The monoisotopic (exact) mass is 369 g/mol. The zero-order chi connectivity index (χ0) is 19.4. The number of hydrogen-bond donors (Lipinski definition) is 0. The van der Waals surface area contributed by atoms with Crippen LogP contribution in [0.4, 0.5) is 5.69 Å². The van der Waals surface area contributed by atoms with Crippen LogP contribution in [0.15, 0.2) is 36.4 Å². The summed E-state index contributed by atoms with van der Waals surface area (Å²) in [6.45, 7) is 0.654. The summed E-state index contributed by atoms with van der Waals surface area (Å²) in [6.07, 6.45) is 4.12. The van der Waals surface area contributed by atoms with Gasteiger partial charge in [0.15, 0.2) is 11.5 Å². The largest absolute Gasteiger partial charge is 0.497 e. The molecule has 0 N–H and O–H groups in total. The Bertz CT molecular complexity index is 850. The predicted octanol–water partition coefficient (Wildman–Crippen LogP) is 3.32. The van der Waals surface area contributed by atoms with Crippen LogP contribution in [0.1, 0.15) is 11.1 Å². The average molecular weight is 369 g/mol. The molecule has 6 heteroatoms. The second-order valence-corrected chi connectivity index (χ2v) is 6.03. The van der Waals surface area contributed by atoms with Crippen LogP contribution in [0, 0.1) is 0 Å². The van der Waals surface area contributed by atoms with E-state index in [1.54, 1.807) is 57.6 Å². The summed E-state index contributed by atoms with van der Waals surface area (Å²) < 4.78 is 21.3. The number of nitrogens with zero attached hydrogens (tertiary/aromatic N) is 1. The van der Waals surface area contributed by atoms with Crippen LogP contribution >= 0.6 is 0 Å². The lowest BCUT2D eigenvalue weighted by Crippen LogP contribution is -2.26. The minimum atomic E-state index is -0.0762. The molecule has 0 spiro atoms. The quantitative estimate of drug-likeness (QED) is 0.731. The lowest BCUT2D eigenvalue weighted by atomic mass is 10.1. The van der Waals surface area contributed by atoms with E-state index in [9.17, 15) is 4.79 Å². The molecule has 142 valence electrons. The van der Waals surface area contributed by atoms with Crippen molar-refractivity contribution < 1.29 is 23.7 Å². The molecule has 2 aromatic rings. The van der Waals surface area contributed by atoms with Gasteiger partial charge in [0.25, 0.3) is 5.91 Å². The number of fused-ring (bicyclic) bond motifs is 1. The molecule has 1 amide bonds. The van der Waals surface area contributed by atoms with Gasteiger partial charge in [-0.15, -0.1) is 0 Å². The maximum absolute atomic E-state index is 12.7. The van der Waals surface area contributed by atoms with Crippen molar-refractivity contribution in [1.82, 2.24) is 0 Å². The molecule has 27 heavy (non-hydrogen) atoms. The highest BCUT2D eigenvalue weighted by Crippen LogP contribution is 2.38. The standard InChI is InChI=1S/C21H23NO5/c1-24-16-6-7-17-15(13-16)9-10-22(17)20(23)8-5-14-11-18(25-2)21(27-4)19(12-14)26-3/h5-8,11-13H,9-10H2,1-4H3/b8-5+. The molecule has 0 atom stereocenters. The van der Waals surface area contributed by atoms with Gasteiger partial charge in [0, 0.05) is 18.3 Å². The van der Waals surface area contributed by atoms with Crippen LogP contribution in [0.2, 0.25) is 0 Å². The van der Waals surface area contributed by atoms with Gasteiger partial charge < -0.3 is 23.8 Å². The van der Waals surface area contributed by atoms with E-state index in [1.807, 2.05) is 18.2 Å². The first-order valence-corrected chi connectivity index (χ1v) is 8.57. The Morgan fingerprint density at radius 1 is 0.963 bits per heavy atom. The lowest BCUT2D eigenvalue weighted by molar-refractivity contribution is -0.114. The van der Waals surface area contributed by atoms with Gasteiger partial charge in [-0.3, -0.25) is 4.79 Å². The number of methoxy groups -OCH3 is 4. The smallest absolute Gasteiger partial charge is 0.251 e. The topological polar surface area (TPSA) is 57.2 Å². The molecule has 2 aromatic carbocycles. The molecule has 0 bridgehead atoms. The van der Waals surface area contributed by atoms with Crippen molar-refractivity contribution in [2.75, 3.05) is 39.9 Å². The molecule has 0 radical (unpaired) electrons. The first kappa shape index (κ1) is 18.6. The van der Waals surface area contributed by atoms with E-state index in [2.05, 4.69) is 0 Å². The van der Waals surface area contributed by atoms with Gasteiger partial charge in [-0.25, -0.2) is 0 Å². The lowest BCUT2D eigenvalue weighted by Gasteiger charge is -2.15. The zero-order valence-corrected chi connectivity index (χ0v) is 15.9. The molecule has 1 heterocycles. The Morgan fingerprint density at radius 3 is 2.26 bits per heavy atom. The van der Waals surface area contributed by atoms with Crippen LogP contribution in [-0.2, 0) is 11.2 Å². The van der Waals surface area contributed by atoms with Gasteiger partial charge in [0.2, 0.25) is 5.75 Å². The summed E-state index contributed by atoms with van der Waals surface area (Å²) in [5.74, 6) is 2.33. The summed E-state index contributed by atoms with van der Waals surface area (Å²) in [4.78, 5) is 14.5. The van der Waals surface area contributed by atoms with Crippen LogP contribution in [0.5, 0.6) is 23.0 Å². The molecule has 6 nitrogen and oxygen atoms in total. The van der Waals surface area contributed by atoms with E-state index in [4.69, 9.17) is 18.9 Å². The summed E-state index contributed by atoms with van der Waals surface area (Å²) in [5.41, 5.74) is 2.83. The number of carbonyl (C=O) groups excluding carboxylic acids is 1. The highest BCUT2D eigenvalue weighted by atomic mass is 16.5. The minimum absolute atomic E-state index is 0.0762. The third kappa shape index (κ3) is 3.69. The molecule has 3 rings (SSSR count). The van der Waals surface area contributed by atoms with E-state index in [0.29, 0.717) is 23.8 Å². The van der Waals surface area contributed by atoms with Crippen molar-refractivity contribution in [2.45, 2.75) is 6.42 Å². The summed E-state index contributed by atoms with van der Waals surface area (Å²) in [6, 6.07) is 9.37. The Labute approximate surface area is 158 Å². The first-order chi connectivity index (χ1) is 13.1. The number of benzene rings is 2. The van der Waals surface area contributed by atoms with Crippen LogP contribution in [0.25, 0.3) is 6.08 Å². The fourth-order valence-electron chi connectivity index (χ4n) is 3.19. The van der Waals surface area contributed by atoms with E-state index >= 15 is 0 Å². The van der Waals surface area contributed by atoms with E-state index in [0.717, 1.165) is 29.0 Å². The van der Waals surface area contributed by atoms with Crippen molar-refractivity contribution >= 4 is 17.7 Å². The van der Waals surface area contributed by atoms with Crippen molar-refractivity contribution in [3.63, 3.8) is 0 Å². The molecule has 1 aliphatic rings. The van der Waals surface area contributed by atoms with Crippen molar-refractivity contribution in [1.29, 1.82) is 0 Å². The van der Waals surface area contributed by atoms with Gasteiger partial charge in [0.05, 0.1) is 28.4 Å². The van der Waals surface area contributed by atoms with Gasteiger partial charge >= 0.3 is 0 Å². The Balaban J connectivity index is 1.82. The first-order valence-electron chi connectivity index (χ1n) is 8.57. The summed E-state index contributed by atoms with van der Waals surface area (Å²) in [5, 5.41) is 0. The number of ether oxygens (including phenoxy) is 4. The molecule has 0 saturated carbocycles. The average Bonchev–Trinajstić information content (AvgIpc) is 3.14. The highest BCUT2D eigenvalue weighted by molar-refractivity contribution is 6.05. The van der Waals surface area contributed by atoms with Gasteiger partial charge in [0.1, 0.15) is 5.75 Å². The number of carbonyl (C=O) groups is 1. The van der Waals surface area contributed by atoms with Crippen LogP contribution in [0.3, 0.4) is 0 Å². The second-order valence-electron chi connectivity index (χ2n) is 6.03. The number of amides is 1. The third-order valence-electron chi connectivity index (χ3n) is 4.55. The van der Waals surface area contributed by atoms with Crippen LogP contribution < -0.4 is 23.8 Å². The Morgan fingerprint density at radius 2 is 1.67 bits per heavy atom. The second kappa shape index (κ2) is 8.03. The number of rotatable bonds is 6. The number of anilines is 1. The molecular formula is C21H23NO5. The molecule has 0 aromatic heterocycles. The highest BCUT2D eigenvalue weighted by Gasteiger charge is 2.23. The molecule has 0 unspecified atom stereocenters. The normalized spacial score (nSPS) is 12.8. The van der Waals surface area contributed by atoms with E-state index < -0.39 is 0 Å². The van der Waals surface area contributed by atoms with Gasteiger partial charge in [-0.05, 0) is 54.0 Å². The van der Waals surface area contributed by atoms with E-state index in [-0.39, 0.29) is 5.91 Å². The predicted molar refractivity (Wildman–Crippen MR) is 104 cm³/mol. The van der Waals surface area contributed by atoms with Crippen molar-refractivity contribution in [3.05, 3.63) is 47.5 Å². The van der Waals surface area contributed by atoms with Gasteiger partial charge in [-0.2, -0.15) is 0 Å². The van der Waals surface area contributed by atoms with Crippen LogP contribution in [-0.4, -0.2) is 40.9 Å². The maximum Gasteiger partial charge on any atom is 0.251 e. The fraction of sp³-hybridized carbons (Fsp3) is 0.286. The fourth-order valence-corrected chi connectivity index (χ4v) is 3.19. The molecule has 1 aliphatic heterocycles. The minimum Gasteiger partial charge on any atom is -0.497 e. The Hall–Kier alpha value is -3.15. The summed E-state index contributed by atoms with van der Waals surface area (Å²) >= 11 is 0. The maximum atomic E-state index is 12.7. The van der Waals surface area contributed by atoms with Crippen molar-refractivity contribution in [2.24, 2.45) is 0 Å². The summed E-state index contributed by atoms with van der Waals surface area (Å²) in [7, 11) is 6.32. The van der Waals surface area contributed by atoms with Crippen molar-refractivity contribution in [3.8, 4) is 23.0 Å². The van der Waals surface area contributed by atoms with Gasteiger partial charge in [-0.1, -0.05) is 0 Å². The van der Waals surface area contributed by atoms with E-state index in [1.165, 1.54) is 0 Å². The SMILES string of the molecule is COc1ccc2c(c1)CCN2C(=O)/C=C/c1cc(OC)c(OC)c(OC)c1. The zero-order valence-electron chi connectivity index (χ0n) is 15.9. The molecule has 0 aliphatic carbocycles. The number of hydrogen-bond acceptors (Lipinski definition) is 5. The Kier molecular flexibility index (Phi) is 5.54.